The standard InChI is InChI=1S/C28H34ClIN2O5Si/c1-17-26(38(2,3)36)24(14-25(34)31-11-5-8-21(31)16-33)37-28(17)22-13-19(29)9-10-23(22)32(27(28)35)15-18-6-4-7-20(30)12-18/h4,6-7,9-10,12-13,17,21,24,26,33,36H,5,8,11,14-16H2,1-3H3/t17-,21-,24+,26-,28+/m0/s1. The molecule has 5 rings (SSSR count). The minimum absolute atomic E-state index is 0.0598. The molecular weight excluding hydrogens is 635 g/mol. The molecule has 0 unspecified atom stereocenters. The second kappa shape index (κ2) is 10.5. The molecule has 5 atom stereocenters. The molecule has 2 aromatic rings. The molecular formula is C28H34ClIN2O5Si. The maximum atomic E-state index is 14.4. The van der Waals surface area contributed by atoms with Gasteiger partial charge in [0, 0.05) is 32.2 Å². The lowest BCUT2D eigenvalue weighted by Gasteiger charge is -2.32. The number of hydrogen-bond acceptors (Lipinski definition) is 5. The van der Waals surface area contributed by atoms with E-state index < -0.39 is 20.0 Å². The van der Waals surface area contributed by atoms with Crippen LogP contribution in [0.25, 0.3) is 0 Å². The van der Waals surface area contributed by atoms with E-state index in [-0.39, 0.29) is 42.3 Å². The number of carbonyl (C=O) groups excluding carboxylic acids is 2. The largest absolute Gasteiger partial charge is 0.432 e. The van der Waals surface area contributed by atoms with Crippen LogP contribution >= 0.6 is 34.2 Å². The van der Waals surface area contributed by atoms with Crippen molar-refractivity contribution in [1.29, 1.82) is 0 Å². The average molecular weight is 669 g/mol. The molecule has 3 heterocycles. The molecule has 0 radical (unpaired) electrons. The molecule has 10 heteroatoms. The first-order valence-corrected chi connectivity index (χ1v) is 17.6. The molecule has 38 heavy (non-hydrogen) atoms. The van der Waals surface area contributed by atoms with Gasteiger partial charge in [0.25, 0.3) is 5.91 Å². The van der Waals surface area contributed by atoms with Crippen LogP contribution in [0.15, 0.2) is 42.5 Å². The summed E-state index contributed by atoms with van der Waals surface area (Å²) in [6.45, 7) is 6.57. The van der Waals surface area contributed by atoms with Gasteiger partial charge in [-0.3, -0.25) is 9.59 Å². The first kappa shape index (κ1) is 28.0. The predicted molar refractivity (Wildman–Crippen MR) is 157 cm³/mol. The van der Waals surface area contributed by atoms with Gasteiger partial charge in [0.05, 0.1) is 37.4 Å². The number of fused-ring (bicyclic) bond motifs is 2. The highest BCUT2D eigenvalue weighted by molar-refractivity contribution is 14.1. The number of nitrogens with zero attached hydrogens (tertiary/aromatic N) is 2. The normalized spacial score (nSPS) is 29.0. The highest BCUT2D eigenvalue weighted by Crippen LogP contribution is 2.60. The van der Waals surface area contributed by atoms with Crippen LogP contribution in [-0.4, -0.2) is 60.2 Å². The van der Waals surface area contributed by atoms with E-state index in [1.807, 2.05) is 44.3 Å². The van der Waals surface area contributed by atoms with E-state index in [1.165, 1.54) is 0 Å². The van der Waals surface area contributed by atoms with Crippen LogP contribution in [0.4, 0.5) is 5.69 Å². The number of aliphatic hydroxyl groups is 1. The van der Waals surface area contributed by atoms with Gasteiger partial charge in [-0.15, -0.1) is 0 Å². The Morgan fingerprint density at radius 3 is 2.71 bits per heavy atom. The van der Waals surface area contributed by atoms with E-state index in [0.29, 0.717) is 23.7 Å². The van der Waals surface area contributed by atoms with Crippen LogP contribution in [0, 0.1) is 9.49 Å². The Morgan fingerprint density at radius 1 is 1.26 bits per heavy atom. The van der Waals surface area contributed by atoms with E-state index >= 15 is 0 Å². The van der Waals surface area contributed by atoms with Gasteiger partial charge < -0.3 is 24.4 Å². The van der Waals surface area contributed by atoms with Crippen LogP contribution in [-0.2, 0) is 26.5 Å². The summed E-state index contributed by atoms with van der Waals surface area (Å²) in [5.74, 6) is -0.662. The average Bonchev–Trinajstić information content (AvgIpc) is 3.50. The molecule has 1 spiro atoms. The lowest BCUT2D eigenvalue weighted by Crippen LogP contribution is -2.46. The van der Waals surface area contributed by atoms with Crippen molar-refractivity contribution in [3.05, 3.63) is 62.2 Å². The Kier molecular flexibility index (Phi) is 7.73. The summed E-state index contributed by atoms with van der Waals surface area (Å²) in [5, 5.41) is 10.3. The lowest BCUT2D eigenvalue weighted by atomic mass is 9.82. The Labute approximate surface area is 243 Å². The van der Waals surface area contributed by atoms with Crippen molar-refractivity contribution in [2.75, 3.05) is 18.1 Å². The highest BCUT2D eigenvalue weighted by Gasteiger charge is 2.66. The number of benzene rings is 2. The minimum Gasteiger partial charge on any atom is -0.432 e. The zero-order chi connectivity index (χ0) is 27.4. The summed E-state index contributed by atoms with van der Waals surface area (Å²) in [6, 6.07) is 13.3. The molecule has 3 aliphatic heterocycles. The molecule has 2 N–H and O–H groups in total. The molecule has 7 nitrogen and oxygen atoms in total. The summed E-state index contributed by atoms with van der Waals surface area (Å²) >= 11 is 8.72. The van der Waals surface area contributed by atoms with Crippen LogP contribution in [0.5, 0.6) is 0 Å². The van der Waals surface area contributed by atoms with Crippen LogP contribution < -0.4 is 4.90 Å². The van der Waals surface area contributed by atoms with Crippen molar-refractivity contribution in [2.45, 2.75) is 69.1 Å². The van der Waals surface area contributed by atoms with Crippen molar-refractivity contribution in [2.24, 2.45) is 5.92 Å². The maximum absolute atomic E-state index is 14.4. The SMILES string of the molecule is C[C@H]1[C@H]([Si](C)(C)O)[C@@H](CC(=O)N2CCC[C@H]2CO)O[C@]12C(=O)N(Cc1cccc(I)c1)c1ccc(Cl)cc12. The third kappa shape index (κ3) is 4.73. The number of halogens is 2. The summed E-state index contributed by atoms with van der Waals surface area (Å²) in [7, 11) is -2.89. The number of anilines is 1. The summed E-state index contributed by atoms with van der Waals surface area (Å²) in [6.07, 6.45) is 1.06. The number of hydrogen-bond donors (Lipinski definition) is 2. The number of aliphatic hydroxyl groups excluding tert-OH is 1. The van der Waals surface area contributed by atoms with Crippen molar-refractivity contribution in [3.8, 4) is 0 Å². The van der Waals surface area contributed by atoms with Crippen molar-refractivity contribution < 1.29 is 24.2 Å². The zero-order valence-corrected chi connectivity index (χ0v) is 25.8. The molecule has 3 aliphatic rings. The molecule has 0 aliphatic carbocycles. The fourth-order valence-electron chi connectivity index (χ4n) is 6.87. The van der Waals surface area contributed by atoms with Gasteiger partial charge in [-0.05, 0) is 84.4 Å². The molecule has 204 valence electrons. The summed E-state index contributed by atoms with van der Waals surface area (Å²) in [4.78, 5) is 42.8. The van der Waals surface area contributed by atoms with Gasteiger partial charge in [-0.1, -0.05) is 30.7 Å². The van der Waals surface area contributed by atoms with Crippen molar-refractivity contribution in [3.63, 3.8) is 0 Å². The first-order chi connectivity index (χ1) is 18.0. The summed E-state index contributed by atoms with van der Waals surface area (Å²) < 4.78 is 7.84. The molecule has 0 saturated carbocycles. The topological polar surface area (TPSA) is 90.3 Å². The first-order valence-electron chi connectivity index (χ1n) is 13.1. The fourth-order valence-corrected chi connectivity index (χ4v) is 10.2. The fraction of sp³-hybridized carbons (Fsp3) is 0.500. The maximum Gasteiger partial charge on any atom is 0.264 e. The Balaban J connectivity index is 1.54. The van der Waals surface area contributed by atoms with Gasteiger partial charge in [0.15, 0.2) is 13.9 Å². The molecule has 2 saturated heterocycles. The predicted octanol–water partition coefficient (Wildman–Crippen LogP) is 4.66. The van der Waals surface area contributed by atoms with Gasteiger partial charge in [0.2, 0.25) is 5.91 Å². The third-order valence-corrected chi connectivity index (χ3v) is 11.9. The number of ether oxygens (including phenoxy) is 1. The van der Waals surface area contributed by atoms with E-state index in [0.717, 1.165) is 27.7 Å². The smallest absolute Gasteiger partial charge is 0.264 e. The third-order valence-electron chi connectivity index (χ3n) is 8.46. The van der Waals surface area contributed by atoms with E-state index in [1.54, 1.807) is 21.9 Å². The van der Waals surface area contributed by atoms with Gasteiger partial charge in [0.1, 0.15) is 0 Å². The van der Waals surface area contributed by atoms with E-state index in [2.05, 4.69) is 28.7 Å². The number of carbonyl (C=O) groups is 2. The summed E-state index contributed by atoms with van der Waals surface area (Å²) in [5.41, 5.74) is 0.744. The van der Waals surface area contributed by atoms with E-state index in [9.17, 15) is 19.5 Å². The van der Waals surface area contributed by atoms with Gasteiger partial charge in [-0.2, -0.15) is 0 Å². The number of amides is 2. The van der Waals surface area contributed by atoms with Crippen molar-refractivity contribution in [1.82, 2.24) is 4.90 Å². The second-order valence-electron chi connectivity index (χ2n) is 11.3. The highest BCUT2D eigenvalue weighted by atomic mass is 127. The Bertz CT molecular complexity index is 1260. The zero-order valence-electron chi connectivity index (χ0n) is 21.9. The Morgan fingerprint density at radius 2 is 2.03 bits per heavy atom. The van der Waals surface area contributed by atoms with Crippen LogP contribution in [0.1, 0.15) is 37.3 Å². The van der Waals surface area contributed by atoms with Crippen LogP contribution in [0.2, 0.25) is 23.7 Å². The minimum atomic E-state index is -2.89. The number of rotatable bonds is 6. The van der Waals surface area contributed by atoms with Gasteiger partial charge in [-0.25, -0.2) is 0 Å². The second-order valence-corrected chi connectivity index (χ2v) is 17.0. The van der Waals surface area contributed by atoms with E-state index in [4.69, 9.17) is 16.3 Å². The van der Waals surface area contributed by atoms with Crippen molar-refractivity contribution >= 4 is 60.0 Å². The quantitative estimate of drug-likeness (QED) is 0.345. The van der Waals surface area contributed by atoms with Crippen LogP contribution in [0.3, 0.4) is 0 Å². The monoisotopic (exact) mass is 668 g/mol. The molecule has 0 aromatic heterocycles. The molecule has 0 bridgehead atoms. The lowest BCUT2D eigenvalue weighted by molar-refractivity contribution is -0.150. The molecule has 2 aromatic carbocycles. The number of likely N-dealkylation sites (tertiary alicyclic amines) is 1. The molecule has 2 amide bonds. The van der Waals surface area contributed by atoms with Gasteiger partial charge >= 0.3 is 0 Å². The Hall–Kier alpha value is -1.50. The molecule has 2 fully saturated rings.